The summed E-state index contributed by atoms with van der Waals surface area (Å²) < 4.78 is 0. The van der Waals surface area contributed by atoms with Crippen LogP contribution in [0, 0.1) is 0 Å². The van der Waals surface area contributed by atoms with E-state index in [9.17, 15) is 9.90 Å². The Bertz CT molecular complexity index is 561. The third-order valence-electron chi connectivity index (χ3n) is 4.58. The Balaban J connectivity index is 1.64. The van der Waals surface area contributed by atoms with E-state index in [1.807, 2.05) is 18.2 Å². The number of halogens is 1. The first-order valence-electron chi connectivity index (χ1n) is 8.42. The number of hydrogen-bond acceptors (Lipinski definition) is 3. The number of rotatable bonds is 2. The van der Waals surface area contributed by atoms with Crippen LogP contribution in [0.4, 0.5) is 16.2 Å². The Morgan fingerprint density at radius 3 is 2.65 bits per heavy atom. The summed E-state index contributed by atoms with van der Waals surface area (Å²) in [6.45, 7) is 3.15. The molecule has 1 unspecified atom stereocenters. The van der Waals surface area contributed by atoms with Crippen LogP contribution in [-0.2, 0) is 0 Å². The molecule has 2 N–H and O–H groups in total. The fourth-order valence-corrected chi connectivity index (χ4v) is 3.62. The van der Waals surface area contributed by atoms with Gasteiger partial charge in [0.1, 0.15) is 0 Å². The van der Waals surface area contributed by atoms with Crippen LogP contribution < -0.4 is 10.2 Å². The van der Waals surface area contributed by atoms with Crippen molar-refractivity contribution < 1.29 is 9.90 Å². The number of nitrogens with zero attached hydrogens (tertiary/aromatic N) is 2. The fourth-order valence-electron chi connectivity index (χ4n) is 3.32. The Labute approximate surface area is 142 Å². The molecule has 3 rings (SSSR count). The lowest BCUT2D eigenvalue weighted by Gasteiger charge is -2.31. The van der Waals surface area contributed by atoms with Crippen LogP contribution in [0.15, 0.2) is 18.2 Å². The number of aliphatic hydroxyl groups is 1. The highest BCUT2D eigenvalue weighted by Gasteiger charge is 2.22. The molecule has 23 heavy (non-hydrogen) atoms. The molecule has 2 aliphatic rings. The van der Waals surface area contributed by atoms with E-state index in [1.165, 1.54) is 19.3 Å². The molecule has 2 fully saturated rings. The van der Waals surface area contributed by atoms with Crippen LogP contribution in [0.1, 0.15) is 32.1 Å². The number of aliphatic hydroxyl groups excluding tert-OH is 1. The van der Waals surface area contributed by atoms with Crippen molar-refractivity contribution in [2.75, 3.05) is 36.4 Å². The van der Waals surface area contributed by atoms with E-state index in [0.29, 0.717) is 23.8 Å². The molecular weight excluding hydrogens is 314 g/mol. The molecule has 0 radical (unpaired) electrons. The zero-order chi connectivity index (χ0) is 16.2. The van der Waals surface area contributed by atoms with Crippen molar-refractivity contribution in [2.45, 2.75) is 38.2 Å². The summed E-state index contributed by atoms with van der Waals surface area (Å²) in [4.78, 5) is 16.2. The molecule has 2 saturated heterocycles. The molecule has 1 aromatic carbocycles. The number of β-amino-alcohol motifs (C(OH)–C–C–N with tert-alkyl or cyclic N) is 1. The van der Waals surface area contributed by atoms with Gasteiger partial charge in [-0.05, 0) is 50.3 Å². The molecule has 0 saturated carbocycles. The number of amides is 2. The molecule has 0 bridgehead atoms. The van der Waals surface area contributed by atoms with Crippen molar-refractivity contribution in [2.24, 2.45) is 0 Å². The van der Waals surface area contributed by atoms with Gasteiger partial charge in [0.2, 0.25) is 0 Å². The number of hydrogen-bond donors (Lipinski definition) is 2. The second kappa shape index (κ2) is 7.41. The van der Waals surface area contributed by atoms with E-state index in [2.05, 4.69) is 10.2 Å². The van der Waals surface area contributed by atoms with E-state index >= 15 is 0 Å². The smallest absolute Gasteiger partial charge is 0.321 e. The largest absolute Gasteiger partial charge is 0.391 e. The van der Waals surface area contributed by atoms with Gasteiger partial charge >= 0.3 is 6.03 Å². The first-order chi connectivity index (χ1) is 11.1. The van der Waals surface area contributed by atoms with Crippen molar-refractivity contribution in [3.63, 3.8) is 0 Å². The summed E-state index contributed by atoms with van der Waals surface area (Å²) in [5.74, 6) is 0. The minimum atomic E-state index is -0.417. The highest BCUT2D eigenvalue weighted by Crippen LogP contribution is 2.31. The lowest BCUT2D eigenvalue weighted by atomic mass is 10.1. The van der Waals surface area contributed by atoms with Crippen molar-refractivity contribution >= 4 is 29.0 Å². The van der Waals surface area contributed by atoms with Crippen LogP contribution in [0.25, 0.3) is 0 Å². The molecule has 2 amide bonds. The van der Waals surface area contributed by atoms with Crippen LogP contribution in [0.5, 0.6) is 0 Å². The van der Waals surface area contributed by atoms with Gasteiger partial charge in [0.25, 0.3) is 0 Å². The topological polar surface area (TPSA) is 55.8 Å². The molecule has 0 aromatic heterocycles. The standard InChI is InChI=1S/C17H24ClN3O2/c18-15-11-13(6-7-16(15)20-8-2-1-3-9-20)19-17(23)21-10-4-5-14(22)12-21/h6-7,11,14,22H,1-5,8-10,12H2,(H,19,23). The monoisotopic (exact) mass is 337 g/mol. The maximum atomic E-state index is 12.3. The third-order valence-corrected chi connectivity index (χ3v) is 4.88. The van der Waals surface area contributed by atoms with Crippen molar-refractivity contribution in [3.05, 3.63) is 23.2 Å². The molecule has 5 nitrogen and oxygen atoms in total. The van der Waals surface area contributed by atoms with Gasteiger partial charge in [0.15, 0.2) is 0 Å². The second-order valence-corrected chi connectivity index (χ2v) is 6.79. The molecule has 1 atom stereocenters. The fraction of sp³-hybridized carbons (Fsp3) is 0.588. The molecular formula is C17H24ClN3O2. The van der Waals surface area contributed by atoms with Gasteiger partial charge in [-0.1, -0.05) is 11.6 Å². The normalized spacial score (nSPS) is 22.1. The molecule has 1 aromatic rings. The summed E-state index contributed by atoms with van der Waals surface area (Å²) in [6, 6.07) is 5.51. The van der Waals surface area contributed by atoms with Gasteiger partial charge in [0, 0.05) is 31.9 Å². The van der Waals surface area contributed by atoms with E-state index in [-0.39, 0.29) is 6.03 Å². The van der Waals surface area contributed by atoms with E-state index < -0.39 is 6.10 Å². The van der Waals surface area contributed by atoms with E-state index in [1.54, 1.807) is 4.90 Å². The number of carbonyl (C=O) groups is 1. The van der Waals surface area contributed by atoms with Gasteiger partial charge < -0.3 is 20.2 Å². The maximum absolute atomic E-state index is 12.3. The number of likely N-dealkylation sites (tertiary alicyclic amines) is 1. The van der Waals surface area contributed by atoms with Gasteiger partial charge in [-0.15, -0.1) is 0 Å². The van der Waals surface area contributed by atoms with Crippen LogP contribution in [0.2, 0.25) is 5.02 Å². The first kappa shape index (κ1) is 16.4. The van der Waals surface area contributed by atoms with Crippen molar-refractivity contribution in [1.82, 2.24) is 4.90 Å². The number of urea groups is 1. The summed E-state index contributed by atoms with van der Waals surface area (Å²) in [6.07, 6.45) is 4.87. The van der Waals surface area contributed by atoms with E-state index in [4.69, 9.17) is 11.6 Å². The maximum Gasteiger partial charge on any atom is 0.321 e. The van der Waals surface area contributed by atoms with Gasteiger partial charge in [-0.3, -0.25) is 0 Å². The quantitative estimate of drug-likeness (QED) is 0.870. The lowest BCUT2D eigenvalue weighted by Crippen LogP contribution is -2.44. The SMILES string of the molecule is O=C(Nc1ccc(N2CCCCC2)c(Cl)c1)N1CCCC(O)C1. The third kappa shape index (κ3) is 4.09. The molecule has 0 spiro atoms. The summed E-state index contributed by atoms with van der Waals surface area (Å²) in [5.41, 5.74) is 1.73. The number of benzene rings is 1. The van der Waals surface area contributed by atoms with E-state index in [0.717, 1.165) is 31.6 Å². The lowest BCUT2D eigenvalue weighted by molar-refractivity contribution is 0.0883. The Hall–Kier alpha value is -1.46. The molecule has 2 heterocycles. The van der Waals surface area contributed by atoms with Crippen molar-refractivity contribution in [3.8, 4) is 0 Å². The minimum absolute atomic E-state index is 0.175. The zero-order valence-corrected chi connectivity index (χ0v) is 14.1. The summed E-state index contributed by atoms with van der Waals surface area (Å²) >= 11 is 6.41. The number of piperidine rings is 2. The average Bonchev–Trinajstić information content (AvgIpc) is 2.56. The predicted octanol–water partition coefficient (Wildman–Crippen LogP) is 3.32. The Kier molecular flexibility index (Phi) is 5.28. The van der Waals surface area contributed by atoms with Gasteiger partial charge in [-0.25, -0.2) is 4.79 Å². The average molecular weight is 338 g/mol. The van der Waals surface area contributed by atoms with Gasteiger partial charge in [-0.2, -0.15) is 0 Å². The highest BCUT2D eigenvalue weighted by atomic mass is 35.5. The number of anilines is 2. The summed E-state index contributed by atoms with van der Waals surface area (Å²) in [7, 11) is 0. The minimum Gasteiger partial charge on any atom is -0.391 e. The molecule has 6 heteroatoms. The zero-order valence-electron chi connectivity index (χ0n) is 13.3. The number of carbonyl (C=O) groups excluding carboxylic acids is 1. The summed E-state index contributed by atoms with van der Waals surface area (Å²) in [5, 5.41) is 13.2. The second-order valence-electron chi connectivity index (χ2n) is 6.39. The number of nitrogens with one attached hydrogen (secondary N) is 1. The Morgan fingerprint density at radius 1 is 1.17 bits per heavy atom. The molecule has 0 aliphatic carbocycles. The predicted molar refractivity (Wildman–Crippen MR) is 93.3 cm³/mol. The highest BCUT2D eigenvalue weighted by molar-refractivity contribution is 6.33. The van der Waals surface area contributed by atoms with Crippen LogP contribution in [0.3, 0.4) is 0 Å². The molecule has 126 valence electrons. The molecule has 2 aliphatic heterocycles. The van der Waals surface area contributed by atoms with Crippen LogP contribution >= 0.6 is 11.6 Å². The Morgan fingerprint density at radius 2 is 1.96 bits per heavy atom. The first-order valence-corrected chi connectivity index (χ1v) is 8.80. The van der Waals surface area contributed by atoms with Crippen LogP contribution in [-0.4, -0.2) is 48.3 Å². The van der Waals surface area contributed by atoms with Crippen molar-refractivity contribution in [1.29, 1.82) is 0 Å². The van der Waals surface area contributed by atoms with Gasteiger partial charge in [0.05, 0.1) is 16.8 Å².